The Morgan fingerprint density at radius 2 is 1.27 bits per heavy atom. The quantitative estimate of drug-likeness (QED) is 0.626. The predicted molar refractivity (Wildman–Crippen MR) is 101 cm³/mol. The molecule has 0 spiro atoms. The highest BCUT2D eigenvalue weighted by Gasteiger charge is 2.16. The third kappa shape index (κ3) is 4.86. The van der Waals surface area contributed by atoms with Crippen molar-refractivity contribution < 1.29 is 17.9 Å². The van der Waals surface area contributed by atoms with Gasteiger partial charge in [-0.25, -0.2) is 8.42 Å². The molecule has 26 heavy (non-hydrogen) atoms. The second-order valence-corrected chi connectivity index (χ2v) is 7.91. The molecule has 0 bridgehead atoms. The van der Waals surface area contributed by atoms with Crippen molar-refractivity contribution in [3.05, 3.63) is 90.0 Å². The van der Waals surface area contributed by atoms with Gasteiger partial charge in [0.1, 0.15) is 29.6 Å². The Bertz CT molecular complexity index is 952. The molecule has 0 amide bonds. The van der Waals surface area contributed by atoms with Gasteiger partial charge in [-0.2, -0.15) is 0 Å². The lowest BCUT2D eigenvalue weighted by molar-refractivity contribution is 0.284. The Balaban J connectivity index is 1.79. The number of rotatable bonds is 7. The first-order valence-corrected chi connectivity index (χ1v) is 10.1. The van der Waals surface area contributed by atoms with E-state index in [-0.39, 0.29) is 11.5 Å². The zero-order valence-electron chi connectivity index (χ0n) is 14.5. The van der Waals surface area contributed by atoms with Crippen molar-refractivity contribution in [3.63, 3.8) is 0 Å². The van der Waals surface area contributed by atoms with Crippen LogP contribution in [0.5, 0.6) is 11.5 Å². The van der Waals surface area contributed by atoms with E-state index >= 15 is 0 Å². The van der Waals surface area contributed by atoms with E-state index in [1.54, 1.807) is 12.1 Å². The minimum Gasteiger partial charge on any atom is -0.489 e. The SMILES string of the molecule is CS(=O)(=O)c1ccc(OCc2ccccc2)cc1OCc1ccccc1. The van der Waals surface area contributed by atoms with Gasteiger partial charge < -0.3 is 9.47 Å². The summed E-state index contributed by atoms with van der Waals surface area (Å²) >= 11 is 0. The van der Waals surface area contributed by atoms with Crippen molar-refractivity contribution in [2.24, 2.45) is 0 Å². The van der Waals surface area contributed by atoms with E-state index in [0.717, 1.165) is 11.1 Å². The molecule has 0 saturated carbocycles. The fraction of sp³-hybridized carbons (Fsp3) is 0.143. The Morgan fingerprint density at radius 1 is 0.731 bits per heavy atom. The number of ether oxygens (including phenoxy) is 2. The molecular formula is C21H20O4S. The normalized spacial score (nSPS) is 11.1. The van der Waals surface area contributed by atoms with Gasteiger partial charge in [0.15, 0.2) is 9.84 Å². The Labute approximate surface area is 153 Å². The van der Waals surface area contributed by atoms with Gasteiger partial charge in [0, 0.05) is 12.3 Å². The van der Waals surface area contributed by atoms with Crippen LogP contribution in [0.25, 0.3) is 0 Å². The standard InChI is InChI=1S/C21H20O4S/c1-26(22,23)21-13-12-19(24-15-17-8-4-2-5-9-17)14-20(21)25-16-18-10-6-3-7-11-18/h2-14H,15-16H2,1H3. The molecule has 0 aromatic heterocycles. The van der Waals surface area contributed by atoms with Crippen LogP contribution < -0.4 is 9.47 Å². The van der Waals surface area contributed by atoms with Gasteiger partial charge in [-0.3, -0.25) is 0 Å². The molecule has 3 aromatic carbocycles. The minimum atomic E-state index is -3.40. The summed E-state index contributed by atoms with van der Waals surface area (Å²) < 4.78 is 35.6. The van der Waals surface area contributed by atoms with Crippen LogP contribution in [0.15, 0.2) is 83.8 Å². The highest BCUT2D eigenvalue weighted by Crippen LogP contribution is 2.30. The summed E-state index contributed by atoms with van der Waals surface area (Å²) in [5.41, 5.74) is 1.99. The van der Waals surface area contributed by atoms with Crippen molar-refractivity contribution in [2.45, 2.75) is 18.1 Å². The molecule has 4 nitrogen and oxygen atoms in total. The van der Waals surface area contributed by atoms with Crippen LogP contribution in [0.2, 0.25) is 0 Å². The average Bonchev–Trinajstić information content (AvgIpc) is 2.65. The van der Waals surface area contributed by atoms with Crippen LogP contribution >= 0.6 is 0 Å². The van der Waals surface area contributed by atoms with Crippen LogP contribution in [0.3, 0.4) is 0 Å². The van der Waals surface area contributed by atoms with Gasteiger partial charge in [0.2, 0.25) is 0 Å². The van der Waals surface area contributed by atoms with E-state index in [1.807, 2.05) is 60.7 Å². The predicted octanol–water partition coefficient (Wildman–Crippen LogP) is 4.25. The molecule has 3 rings (SSSR count). The maximum Gasteiger partial charge on any atom is 0.179 e. The summed E-state index contributed by atoms with van der Waals surface area (Å²) in [4.78, 5) is 0.153. The summed E-state index contributed by atoms with van der Waals surface area (Å²) in [5, 5.41) is 0. The molecule has 0 aliphatic rings. The summed E-state index contributed by atoms with van der Waals surface area (Å²) in [6.07, 6.45) is 1.17. The van der Waals surface area contributed by atoms with Crippen molar-refractivity contribution in [1.29, 1.82) is 0 Å². The van der Waals surface area contributed by atoms with Crippen LogP contribution in [-0.4, -0.2) is 14.7 Å². The third-order valence-corrected chi connectivity index (χ3v) is 4.94. The maximum atomic E-state index is 12.0. The second kappa shape index (κ2) is 8.06. The zero-order chi connectivity index (χ0) is 18.4. The molecule has 0 radical (unpaired) electrons. The molecule has 0 atom stereocenters. The number of sulfone groups is 1. The third-order valence-electron chi connectivity index (χ3n) is 3.80. The lowest BCUT2D eigenvalue weighted by Gasteiger charge is -2.13. The first kappa shape index (κ1) is 18.0. The lowest BCUT2D eigenvalue weighted by atomic mass is 10.2. The van der Waals surface area contributed by atoms with Crippen molar-refractivity contribution in [1.82, 2.24) is 0 Å². The topological polar surface area (TPSA) is 52.6 Å². The van der Waals surface area contributed by atoms with Gasteiger partial charge in [0.25, 0.3) is 0 Å². The Morgan fingerprint density at radius 3 is 1.81 bits per heavy atom. The van der Waals surface area contributed by atoms with E-state index in [1.165, 1.54) is 12.3 Å². The van der Waals surface area contributed by atoms with E-state index in [2.05, 4.69) is 0 Å². The molecule has 0 N–H and O–H groups in total. The monoisotopic (exact) mass is 368 g/mol. The number of benzene rings is 3. The van der Waals surface area contributed by atoms with E-state index < -0.39 is 9.84 Å². The molecule has 3 aromatic rings. The molecule has 0 unspecified atom stereocenters. The van der Waals surface area contributed by atoms with Gasteiger partial charge in [-0.1, -0.05) is 60.7 Å². The lowest BCUT2D eigenvalue weighted by Crippen LogP contribution is -2.04. The van der Waals surface area contributed by atoms with Crippen LogP contribution in [0.4, 0.5) is 0 Å². The van der Waals surface area contributed by atoms with Gasteiger partial charge in [-0.15, -0.1) is 0 Å². The molecule has 0 heterocycles. The van der Waals surface area contributed by atoms with E-state index in [9.17, 15) is 8.42 Å². The van der Waals surface area contributed by atoms with Crippen LogP contribution in [0, 0.1) is 0 Å². The first-order chi connectivity index (χ1) is 12.5. The van der Waals surface area contributed by atoms with Gasteiger partial charge >= 0.3 is 0 Å². The summed E-state index contributed by atoms with van der Waals surface area (Å²) in [7, 11) is -3.40. The molecule has 134 valence electrons. The summed E-state index contributed by atoms with van der Waals surface area (Å²) in [6, 6.07) is 24.2. The van der Waals surface area contributed by atoms with Crippen molar-refractivity contribution in [2.75, 3.05) is 6.26 Å². The highest BCUT2D eigenvalue weighted by atomic mass is 32.2. The molecular weight excluding hydrogens is 348 g/mol. The largest absolute Gasteiger partial charge is 0.489 e. The summed E-state index contributed by atoms with van der Waals surface area (Å²) in [5.74, 6) is 0.853. The molecule has 0 fully saturated rings. The maximum absolute atomic E-state index is 12.0. The van der Waals surface area contributed by atoms with Crippen molar-refractivity contribution in [3.8, 4) is 11.5 Å². The van der Waals surface area contributed by atoms with Crippen molar-refractivity contribution >= 4 is 9.84 Å². The fourth-order valence-electron chi connectivity index (χ4n) is 2.47. The fourth-order valence-corrected chi connectivity index (χ4v) is 3.27. The molecule has 0 aliphatic heterocycles. The minimum absolute atomic E-state index is 0.153. The molecule has 0 aliphatic carbocycles. The summed E-state index contributed by atoms with van der Waals surface area (Å²) in [6.45, 7) is 0.683. The smallest absolute Gasteiger partial charge is 0.179 e. The Hall–Kier alpha value is -2.79. The zero-order valence-corrected chi connectivity index (χ0v) is 15.3. The van der Waals surface area contributed by atoms with Crippen LogP contribution in [-0.2, 0) is 23.1 Å². The number of hydrogen-bond donors (Lipinski definition) is 0. The average molecular weight is 368 g/mol. The first-order valence-electron chi connectivity index (χ1n) is 8.20. The van der Waals surface area contributed by atoms with E-state index in [0.29, 0.717) is 18.1 Å². The van der Waals surface area contributed by atoms with Gasteiger partial charge in [-0.05, 0) is 23.3 Å². The highest BCUT2D eigenvalue weighted by molar-refractivity contribution is 7.90. The van der Waals surface area contributed by atoms with E-state index in [4.69, 9.17) is 9.47 Å². The molecule has 5 heteroatoms. The van der Waals surface area contributed by atoms with Crippen LogP contribution in [0.1, 0.15) is 11.1 Å². The van der Waals surface area contributed by atoms with Gasteiger partial charge in [0.05, 0.1) is 0 Å². The number of hydrogen-bond acceptors (Lipinski definition) is 4. The molecule has 0 saturated heterocycles. The Kier molecular flexibility index (Phi) is 5.58. The second-order valence-electron chi connectivity index (χ2n) is 5.93.